The number of nitrogens with one attached hydrogen (secondary N) is 1. The van der Waals surface area contributed by atoms with Crippen LogP contribution in [0.15, 0.2) is 28.6 Å². The number of sulfonamides is 1. The van der Waals surface area contributed by atoms with Gasteiger partial charge in [-0.3, -0.25) is 0 Å². The van der Waals surface area contributed by atoms with Crippen LogP contribution in [0.1, 0.15) is 16.1 Å². The lowest BCUT2D eigenvalue weighted by molar-refractivity contribution is 0.576. The highest BCUT2D eigenvalue weighted by atomic mass is 32.2. The van der Waals surface area contributed by atoms with Crippen molar-refractivity contribution in [2.75, 3.05) is 0 Å². The van der Waals surface area contributed by atoms with Crippen molar-refractivity contribution in [2.45, 2.75) is 18.4 Å². The Hall–Kier alpha value is -1.82. The van der Waals surface area contributed by atoms with Gasteiger partial charge in [-0.2, -0.15) is 5.26 Å². The number of aromatic nitrogens is 1. The minimum absolute atomic E-state index is 0.0558. The normalized spacial score (nSPS) is 11.2. The van der Waals surface area contributed by atoms with Crippen molar-refractivity contribution in [3.8, 4) is 6.07 Å². The van der Waals surface area contributed by atoms with E-state index in [4.69, 9.17) is 5.26 Å². The monoisotopic (exact) mass is 311 g/mol. The zero-order valence-corrected chi connectivity index (χ0v) is 12.1. The molecular formula is C12H10FN3O2S2. The van der Waals surface area contributed by atoms with Gasteiger partial charge in [-0.1, -0.05) is 6.07 Å². The number of nitriles is 1. The van der Waals surface area contributed by atoms with E-state index in [1.807, 2.05) is 0 Å². The lowest BCUT2D eigenvalue weighted by Gasteiger charge is -2.08. The van der Waals surface area contributed by atoms with Crippen LogP contribution in [0.2, 0.25) is 0 Å². The largest absolute Gasteiger partial charge is 0.250 e. The van der Waals surface area contributed by atoms with E-state index in [9.17, 15) is 12.8 Å². The molecule has 1 N–H and O–H groups in total. The fourth-order valence-corrected chi connectivity index (χ4v) is 3.54. The zero-order valence-electron chi connectivity index (χ0n) is 10.4. The van der Waals surface area contributed by atoms with Crippen molar-refractivity contribution in [3.05, 3.63) is 45.7 Å². The van der Waals surface area contributed by atoms with E-state index in [-0.39, 0.29) is 11.4 Å². The summed E-state index contributed by atoms with van der Waals surface area (Å²) in [5.41, 5.74) is 1.86. The minimum Gasteiger partial charge on any atom is -0.250 e. The molecule has 0 saturated carbocycles. The van der Waals surface area contributed by atoms with Crippen molar-refractivity contribution in [1.82, 2.24) is 9.71 Å². The molecule has 0 bridgehead atoms. The molecule has 1 aromatic heterocycles. The summed E-state index contributed by atoms with van der Waals surface area (Å²) in [5, 5.41) is 8.87. The van der Waals surface area contributed by atoms with E-state index in [1.54, 1.807) is 18.5 Å². The predicted molar refractivity (Wildman–Crippen MR) is 72.0 cm³/mol. The van der Waals surface area contributed by atoms with Crippen LogP contribution < -0.4 is 4.72 Å². The summed E-state index contributed by atoms with van der Waals surface area (Å²) in [5.74, 6) is -0.857. The van der Waals surface area contributed by atoms with E-state index >= 15 is 0 Å². The Labute approximate surface area is 119 Å². The molecule has 0 amide bonds. The fourth-order valence-electron chi connectivity index (χ4n) is 1.57. The molecule has 0 radical (unpaired) electrons. The molecule has 0 atom stereocenters. The average molecular weight is 311 g/mol. The van der Waals surface area contributed by atoms with Crippen molar-refractivity contribution in [2.24, 2.45) is 0 Å². The van der Waals surface area contributed by atoms with Crippen LogP contribution in [0.4, 0.5) is 4.39 Å². The molecular weight excluding hydrogens is 301 g/mol. The molecule has 0 aliphatic carbocycles. The molecule has 0 aliphatic rings. The van der Waals surface area contributed by atoms with Crippen molar-refractivity contribution in [1.29, 1.82) is 5.26 Å². The number of nitrogens with zero attached hydrogens (tertiary/aromatic N) is 2. The van der Waals surface area contributed by atoms with Gasteiger partial charge >= 0.3 is 0 Å². The SMILES string of the molecule is Cc1ncsc1CNS(=O)(=O)c1cccc(F)c1C#N. The van der Waals surface area contributed by atoms with Gasteiger partial charge < -0.3 is 0 Å². The maximum atomic E-state index is 13.4. The second kappa shape index (κ2) is 5.66. The summed E-state index contributed by atoms with van der Waals surface area (Å²) in [7, 11) is -3.95. The quantitative estimate of drug-likeness (QED) is 0.935. The van der Waals surface area contributed by atoms with Gasteiger partial charge in [0.2, 0.25) is 10.0 Å². The Bertz CT molecular complexity index is 778. The molecule has 0 aliphatic heterocycles. The van der Waals surface area contributed by atoms with Gasteiger partial charge in [-0.05, 0) is 19.1 Å². The van der Waals surface area contributed by atoms with Crippen LogP contribution >= 0.6 is 11.3 Å². The zero-order chi connectivity index (χ0) is 14.8. The summed E-state index contributed by atoms with van der Waals surface area (Å²) < 4.78 is 40.0. The van der Waals surface area contributed by atoms with Crippen LogP contribution in [-0.4, -0.2) is 13.4 Å². The van der Waals surface area contributed by atoms with Gasteiger partial charge in [0.15, 0.2) is 0 Å². The van der Waals surface area contributed by atoms with Gasteiger partial charge in [0.1, 0.15) is 22.3 Å². The molecule has 8 heteroatoms. The Morgan fingerprint density at radius 2 is 2.25 bits per heavy atom. The average Bonchev–Trinajstić information content (AvgIpc) is 2.82. The highest BCUT2D eigenvalue weighted by Crippen LogP contribution is 2.19. The van der Waals surface area contributed by atoms with E-state index in [2.05, 4.69) is 9.71 Å². The summed E-state index contributed by atoms with van der Waals surface area (Å²) in [6.45, 7) is 1.82. The molecule has 2 aromatic rings. The summed E-state index contributed by atoms with van der Waals surface area (Å²) in [6, 6.07) is 5.07. The van der Waals surface area contributed by atoms with E-state index in [1.165, 1.54) is 23.5 Å². The summed E-state index contributed by atoms with van der Waals surface area (Å²) in [4.78, 5) is 4.42. The van der Waals surface area contributed by atoms with Gasteiger partial charge in [0, 0.05) is 11.4 Å². The van der Waals surface area contributed by atoms with Crippen LogP contribution in [-0.2, 0) is 16.6 Å². The molecule has 5 nitrogen and oxygen atoms in total. The number of halogens is 1. The van der Waals surface area contributed by atoms with E-state index < -0.39 is 21.4 Å². The third-order valence-corrected chi connectivity index (χ3v) is 5.02. The second-order valence-electron chi connectivity index (χ2n) is 3.91. The van der Waals surface area contributed by atoms with Crippen LogP contribution in [0.25, 0.3) is 0 Å². The Balaban J connectivity index is 2.30. The van der Waals surface area contributed by atoms with Gasteiger partial charge in [-0.25, -0.2) is 22.5 Å². The van der Waals surface area contributed by atoms with Gasteiger partial charge in [0.05, 0.1) is 11.2 Å². The molecule has 1 heterocycles. The van der Waals surface area contributed by atoms with Crippen LogP contribution in [0, 0.1) is 24.1 Å². The molecule has 0 spiro atoms. The Morgan fingerprint density at radius 3 is 2.85 bits per heavy atom. The van der Waals surface area contributed by atoms with Gasteiger partial charge in [-0.15, -0.1) is 11.3 Å². The summed E-state index contributed by atoms with van der Waals surface area (Å²) in [6.07, 6.45) is 0. The number of aryl methyl sites for hydroxylation is 1. The molecule has 0 fully saturated rings. The lowest BCUT2D eigenvalue weighted by Crippen LogP contribution is -2.24. The Kier molecular flexibility index (Phi) is 4.13. The third kappa shape index (κ3) is 2.85. The molecule has 0 unspecified atom stereocenters. The molecule has 1 aromatic carbocycles. The van der Waals surface area contributed by atoms with Crippen molar-refractivity contribution < 1.29 is 12.8 Å². The van der Waals surface area contributed by atoms with Crippen LogP contribution in [0.5, 0.6) is 0 Å². The predicted octanol–water partition coefficient (Wildman–Crippen LogP) is 1.94. The molecule has 2 rings (SSSR count). The lowest BCUT2D eigenvalue weighted by atomic mass is 10.2. The first-order chi connectivity index (χ1) is 9.45. The molecule has 0 saturated heterocycles. The number of hydrogen-bond donors (Lipinski definition) is 1. The van der Waals surface area contributed by atoms with E-state index in [0.717, 1.165) is 16.6 Å². The first-order valence-electron chi connectivity index (χ1n) is 5.53. The third-order valence-electron chi connectivity index (χ3n) is 2.64. The fraction of sp³-hybridized carbons (Fsp3) is 0.167. The first kappa shape index (κ1) is 14.6. The number of rotatable bonds is 4. The first-order valence-corrected chi connectivity index (χ1v) is 7.89. The number of thiazole rings is 1. The number of benzene rings is 1. The topological polar surface area (TPSA) is 82.8 Å². The summed E-state index contributed by atoms with van der Waals surface area (Å²) >= 11 is 1.32. The van der Waals surface area contributed by atoms with Crippen molar-refractivity contribution >= 4 is 21.4 Å². The van der Waals surface area contributed by atoms with Crippen molar-refractivity contribution in [3.63, 3.8) is 0 Å². The van der Waals surface area contributed by atoms with Gasteiger partial charge in [0.25, 0.3) is 0 Å². The smallest absolute Gasteiger partial charge is 0.242 e. The maximum absolute atomic E-state index is 13.4. The highest BCUT2D eigenvalue weighted by molar-refractivity contribution is 7.89. The minimum atomic E-state index is -3.95. The molecule has 20 heavy (non-hydrogen) atoms. The highest BCUT2D eigenvalue weighted by Gasteiger charge is 2.21. The Morgan fingerprint density at radius 1 is 1.50 bits per heavy atom. The second-order valence-corrected chi connectivity index (χ2v) is 6.58. The van der Waals surface area contributed by atoms with Crippen LogP contribution in [0.3, 0.4) is 0 Å². The van der Waals surface area contributed by atoms with E-state index in [0.29, 0.717) is 0 Å². The maximum Gasteiger partial charge on any atom is 0.242 e. The number of hydrogen-bond acceptors (Lipinski definition) is 5. The molecule has 104 valence electrons. The standard InChI is InChI=1S/C12H10FN3O2S2/c1-8-11(19-7-15-8)6-16-20(17,18)12-4-2-3-10(13)9(12)5-14/h2-4,7,16H,6H2,1H3.